The molecule has 0 saturated carbocycles. The summed E-state index contributed by atoms with van der Waals surface area (Å²) in [5.41, 5.74) is 7.64. The molecule has 0 fully saturated rings. The zero-order valence-electron chi connectivity index (χ0n) is 10.4. The zero-order valence-corrected chi connectivity index (χ0v) is 10.4. The van der Waals surface area contributed by atoms with Crippen LogP contribution in [0.4, 0.5) is 5.95 Å². The van der Waals surface area contributed by atoms with Crippen molar-refractivity contribution < 1.29 is 9.26 Å². The molecule has 0 bridgehead atoms. The van der Waals surface area contributed by atoms with Gasteiger partial charge in [0.15, 0.2) is 5.82 Å². The van der Waals surface area contributed by atoms with Crippen molar-refractivity contribution in [3.63, 3.8) is 0 Å². The van der Waals surface area contributed by atoms with Crippen LogP contribution in [0.5, 0.6) is 5.75 Å². The average Bonchev–Trinajstić information content (AvgIpc) is 3.03. The second kappa shape index (κ2) is 4.60. The van der Waals surface area contributed by atoms with Crippen molar-refractivity contribution >= 4 is 17.0 Å². The lowest BCUT2D eigenvalue weighted by molar-refractivity contribution is 0.408. The summed E-state index contributed by atoms with van der Waals surface area (Å²) in [6, 6.07) is 5.73. The lowest BCUT2D eigenvalue weighted by Gasteiger charge is -2.05. The smallest absolute Gasteiger partial charge is 0.213 e. The molecule has 98 valence electrons. The van der Waals surface area contributed by atoms with Gasteiger partial charge in [0.1, 0.15) is 11.3 Å². The summed E-state index contributed by atoms with van der Waals surface area (Å²) in [6.07, 6.45) is 1.94. The van der Waals surface area contributed by atoms with E-state index in [-0.39, 0.29) is 0 Å². The number of para-hydroxylation sites is 1. The first-order valence-electron chi connectivity index (χ1n) is 5.83. The monoisotopic (exact) mass is 259 g/mol. The minimum absolute atomic E-state index is 0.447. The number of nitrogen functional groups attached to an aromatic ring is 1. The lowest BCUT2D eigenvalue weighted by atomic mass is 10.3. The van der Waals surface area contributed by atoms with Gasteiger partial charge in [0.05, 0.1) is 12.6 Å². The minimum atomic E-state index is 0.447. The number of rotatable bonds is 4. The van der Waals surface area contributed by atoms with Gasteiger partial charge in [0.2, 0.25) is 12.3 Å². The molecule has 7 heteroatoms. The number of benzene rings is 1. The number of ether oxygens (including phenoxy) is 1. The summed E-state index contributed by atoms with van der Waals surface area (Å²) in [4.78, 5) is 8.32. The van der Waals surface area contributed by atoms with Crippen LogP contribution >= 0.6 is 0 Å². The molecule has 0 radical (unpaired) electrons. The van der Waals surface area contributed by atoms with Crippen LogP contribution in [-0.2, 0) is 13.0 Å². The SMILES string of the molecule is COc1cccc2c1nc(N)n2CCc1ncon1. The maximum absolute atomic E-state index is 5.95. The molecule has 2 N–H and O–H groups in total. The van der Waals surface area contributed by atoms with Gasteiger partial charge in [-0.25, -0.2) is 4.98 Å². The Kier molecular flexibility index (Phi) is 2.79. The first kappa shape index (κ1) is 11.5. The molecular weight excluding hydrogens is 246 g/mol. The Bertz CT molecular complexity index is 690. The first-order valence-corrected chi connectivity index (χ1v) is 5.83. The molecule has 7 nitrogen and oxygen atoms in total. The number of aryl methyl sites for hydroxylation is 2. The van der Waals surface area contributed by atoms with E-state index in [1.54, 1.807) is 7.11 Å². The van der Waals surface area contributed by atoms with E-state index in [2.05, 4.69) is 15.1 Å². The van der Waals surface area contributed by atoms with Gasteiger partial charge in [-0.3, -0.25) is 0 Å². The van der Waals surface area contributed by atoms with Crippen molar-refractivity contribution in [3.05, 3.63) is 30.4 Å². The zero-order chi connectivity index (χ0) is 13.2. The van der Waals surface area contributed by atoms with Gasteiger partial charge in [0, 0.05) is 13.0 Å². The molecule has 0 aliphatic rings. The predicted molar refractivity (Wildman–Crippen MR) is 68.7 cm³/mol. The predicted octanol–water partition coefficient (Wildman–Crippen LogP) is 1.25. The summed E-state index contributed by atoms with van der Waals surface area (Å²) in [7, 11) is 1.61. The number of nitrogens with two attached hydrogens (primary N) is 1. The van der Waals surface area contributed by atoms with E-state index in [9.17, 15) is 0 Å². The number of methoxy groups -OCH3 is 1. The molecule has 0 spiro atoms. The van der Waals surface area contributed by atoms with Crippen LogP contribution in [0.15, 0.2) is 29.1 Å². The van der Waals surface area contributed by atoms with Crippen molar-refractivity contribution in [2.24, 2.45) is 0 Å². The fourth-order valence-corrected chi connectivity index (χ4v) is 2.05. The Morgan fingerprint density at radius 3 is 3.05 bits per heavy atom. The molecule has 0 aliphatic carbocycles. The van der Waals surface area contributed by atoms with E-state index in [0.29, 0.717) is 30.5 Å². The Morgan fingerprint density at radius 1 is 1.42 bits per heavy atom. The van der Waals surface area contributed by atoms with Crippen molar-refractivity contribution in [1.82, 2.24) is 19.7 Å². The van der Waals surface area contributed by atoms with Crippen LogP contribution in [0.2, 0.25) is 0 Å². The molecule has 0 atom stereocenters. The van der Waals surface area contributed by atoms with Gasteiger partial charge in [-0.05, 0) is 12.1 Å². The van der Waals surface area contributed by atoms with Gasteiger partial charge in [0.25, 0.3) is 0 Å². The Labute approximate surface area is 109 Å². The quantitative estimate of drug-likeness (QED) is 0.758. The third kappa shape index (κ3) is 1.99. The maximum atomic E-state index is 5.95. The number of fused-ring (bicyclic) bond motifs is 1. The highest BCUT2D eigenvalue weighted by Crippen LogP contribution is 2.26. The molecule has 2 heterocycles. The first-order chi connectivity index (χ1) is 9.29. The third-order valence-electron chi connectivity index (χ3n) is 2.96. The van der Waals surface area contributed by atoms with Gasteiger partial charge in [-0.2, -0.15) is 4.98 Å². The number of imidazole rings is 1. The summed E-state index contributed by atoms with van der Waals surface area (Å²) < 4.78 is 11.9. The van der Waals surface area contributed by atoms with Crippen LogP contribution in [0, 0.1) is 0 Å². The summed E-state index contributed by atoms with van der Waals surface area (Å²) >= 11 is 0. The minimum Gasteiger partial charge on any atom is -0.494 e. The van der Waals surface area contributed by atoms with Crippen molar-refractivity contribution in [1.29, 1.82) is 0 Å². The fraction of sp³-hybridized carbons (Fsp3) is 0.250. The van der Waals surface area contributed by atoms with Crippen LogP contribution in [0.3, 0.4) is 0 Å². The molecule has 0 amide bonds. The van der Waals surface area contributed by atoms with E-state index in [1.165, 1.54) is 6.39 Å². The molecule has 0 saturated heterocycles. The maximum Gasteiger partial charge on any atom is 0.213 e. The average molecular weight is 259 g/mol. The van der Waals surface area contributed by atoms with Gasteiger partial charge >= 0.3 is 0 Å². The van der Waals surface area contributed by atoms with E-state index < -0.39 is 0 Å². The van der Waals surface area contributed by atoms with Crippen molar-refractivity contribution in [2.75, 3.05) is 12.8 Å². The van der Waals surface area contributed by atoms with Crippen molar-refractivity contribution in [2.45, 2.75) is 13.0 Å². The Balaban J connectivity index is 1.96. The normalized spacial score (nSPS) is 11.0. The Morgan fingerprint density at radius 2 is 2.32 bits per heavy atom. The highest BCUT2D eigenvalue weighted by molar-refractivity contribution is 5.84. The van der Waals surface area contributed by atoms with Crippen LogP contribution in [0.25, 0.3) is 11.0 Å². The van der Waals surface area contributed by atoms with Gasteiger partial charge in [-0.1, -0.05) is 11.2 Å². The second-order valence-electron chi connectivity index (χ2n) is 4.05. The van der Waals surface area contributed by atoms with Crippen LogP contribution in [-0.4, -0.2) is 26.8 Å². The number of hydrogen-bond acceptors (Lipinski definition) is 6. The Hall–Kier alpha value is -2.57. The molecule has 3 aromatic rings. The van der Waals surface area contributed by atoms with Crippen LogP contribution in [0.1, 0.15) is 5.82 Å². The number of hydrogen-bond donors (Lipinski definition) is 1. The molecular formula is C12H13N5O2. The van der Waals surface area contributed by atoms with Crippen LogP contribution < -0.4 is 10.5 Å². The summed E-state index contributed by atoms with van der Waals surface area (Å²) in [5.74, 6) is 1.80. The van der Waals surface area contributed by atoms with E-state index >= 15 is 0 Å². The van der Waals surface area contributed by atoms with E-state index in [4.69, 9.17) is 15.0 Å². The number of anilines is 1. The van der Waals surface area contributed by atoms with E-state index in [1.807, 2.05) is 22.8 Å². The fourth-order valence-electron chi connectivity index (χ4n) is 2.05. The molecule has 0 aliphatic heterocycles. The molecule has 2 aromatic heterocycles. The van der Waals surface area contributed by atoms with Gasteiger partial charge in [-0.15, -0.1) is 0 Å². The standard InChI is InChI=1S/C12H13N5O2/c1-18-9-4-2-3-8-11(9)15-12(13)17(8)6-5-10-14-7-19-16-10/h2-4,7H,5-6H2,1H3,(H2,13,15). The summed E-state index contributed by atoms with van der Waals surface area (Å²) in [5, 5.41) is 3.77. The molecule has 19 heavy (non-hydrogen) atoms. The highest BCUT2D eigenvalue weighted by Gasteiger charge is 2.12. The third-order valence-corrected chi connectivity index (χ3v) is 2.96. The number of nitrogens with zero attached hydrogens (tertiary/aromatic N) is 4. The van der Waals surface area contributed by atoms with Crippen molar-refractivity contribution in [3.8, 4) is 5.75 Å². The molecule has 3 rings (SSSR count). The molecule has 0 unspecified atom stereocenters. The highest BCUT2D eigenvalue weighted by atomic mass is 16.5. The molecule has 1 aromatic carbocycles. The lowest BCUT2D eigenvalue weighted by Crippen LogP contribution is -2.06. The van der Waals surface area contributed by atoms with Gasteiger partial charge < -0.3 is 19.6 Å². The summed E-state index contributed by atoms with van der Waals surface area (Å²) in [6.45, 7) is 0.634. The second-order valence-corrected chi connectivity index (χ2v) is 4.05. The topological polar surface area (TPSA) is 92.0 Å². The number of aromatic nitrogens is 4. The van der Waals surface area contributed by atoms with E-state index in [0.717, 1.165) is 11.0 Å². The largest absolute Gasteiger partial charge is 0.494 e.